The number of rotatable bonds is 8. The molecule has 3 aromatic rings. The summed E-state index contributed by atoms with van der Waals surface area (Å²) >= 11 is 12.8. The van der Waals surface area contributed by atoms with Gasteiger partial charge in [-0.05, 0) is 31.4 Å². The van der Waals surface area contributed by atoms with Crippen LogP contribution >= 0.6 is 23.2 Å². The molecule has 0 spiro atoms. The highest BCUT2D eigenvalue weighted by Gasteiger charge is 2.39. The number of hydrogen-bond acceptors (Lipinski definition) is 7. The molecule has 9 nitrogen and oxygen atoms in total. The van der Waals surface area contributed by atoms with Gasteiger partial charge in [0.05, 0.1) is 34.7 Å². The highest BCUT2D eigenvalue weighted by atomic mass is 35.5. The van der Waals surface area contributed by atoms with E-state index in [0.717, 1.165) is 11.1 Å². The Balaban J connectivity index is 1.74. The third-order valence-electron chi connectivity index (χ3n) is 5.71. The fourth-order valence-electron chi connectivity index (χ4n) is 4.14. The summed E-state index contributed by atoms with van der Waals surface area (Å²) in [6, 6.07) is 4.45. The maximum Gasteiger partial charge on any atom is 0.331 e. The molecular weight excluding hydrogens is 471 g/mol. The molecular formula is C22H22Cl2N4O5. The average molecular weight is 493 g/mol. The van der Waals surface area contributed by atoms with Crippen molar-refractivity contribution in [3.8, 4) is 5.69 Å². The van der Waals surface area contributed by atoms with Crippen molar-refractivity contribution in [2.24, 2.45) is 0 Å². The van der Waals surface area contributed by atoms with E-state index in [2.05, 4.69) is 9.72 Å². The van der Waals surface area contributed by atoms with Crippen molar-refractivity contribution in [1.29, 1.82) is 0 Å². The minimum atomic E-state index is -0.934. The second kappa shape index (κ2) is 9.94. The number of fused-ring (bicyclic) bond motifs is 1. The van der Waals surface area contributed by atoms with Crippen molar-refractivity contribution < 1.29 is 24.2 Å². The third kappa shape index (κ3) is 4.75. The van der Waals surface area contributed by atoms with Crippen molar-refractivity contribution in [2.75, 3.05) is 25.2 Å². The topological polar surface area (TPSA) is 107 Å². The van der Waals surface area contributed by atoms with Crippen LogP contribution in [0.25, 0.3) is 16.6 Å². The monoisotopic (exact) mass is 492 g/mol. The van der Waals surface area contributed by atoms with E-state index < -0.39 is 18.0 Å². The molecule has 33 heavy (non-hydrogen) atoms. The number of ether oxygens (including phenoxy) is 2. The summed E-state index contributed by atoms with van der Waals surface area (Å²) in [7, 11) is 1.29. The van der Waals surface area contributed by atoms with Crippen LogP contribution in [-0.4, -0.2) is 64.0 Å². The molecule has 4 rings (SSSR count). The lowest BCUT2D eigenvalue weighted by atomic mass is 10.1. The zero-order valence-electron chi connectivity index (χ0n) is 17.8. The first-order valence-corrected chi connectivity index (χ1v) is 11.1. The van der Waals surface area contributed by atoms with Crippen LogP contribution in [-0.2, 0) is 19.1 Å². The molecule has 1 aromatic carbocycles. The number of aliphatic carboxylic acids is 1. The highest BCUT2D eigenvalue weighted by Crippen LogP contribution is 2.38. The quantitative estimate of drug-likeness (QED) is 0.374. The van der Waals surface area contributed by atoms with Gasteiger partial charge in [-0.25, -0.2) is 19.6 Å². The molecule has 11 heteroatoms. The van der Waals surface area contributed by atoms with Gasteiger partial charge in [0.2, 0.25) is 0 Å². The number of pyridine rings is 1. The average Bonchev–Trinajstić information content (AvgIpc) is 3.49. The zero-order valence-corrected chi connectivity index (χ0v) is 19.3. The van der Waals surface area contributed by atoms with E-state index in [1.165, 1.54) is 7.11 Å². The number of carboxylic acid groups (broad SMARTS) is 1. The fourth-order valence-corrected chi connectivity index (χ4v) is 4.50. The van der Waals surface area contributed by atoms with E-state index in [1.807, 2.05) is 16.7 Å². The molecule has 1 aliphatic heterocycles. The number of carbonyl (C=O) groups is 2. The molecule has 1 N–H and O–H groups in total. The second-order valence-corrected chi connectivity index (χ2v) is 8.42. The van der Waals surface area contributed by atoms with Crippen molar-refractivity contribution in [1.82, 2.24) is 14.5 Å². The van der Waals surface area contributed by atoms with Gasteiger partial charge in [-0.2, -0.15) is 0 Å². The molecule has 0 saturated carbocycles. The Morgan fingerprint density at radius 3 is 2.79 bits per heavy atom. The number of nitrogens with zero attached hydrogens (tertiary/aromatic N) is 4. The number of benzene rings is 1. The Morgan fingerprint density at radius 2 is 2.09 bits per heavy atom. The summed E-state index contributed by atoms with van der Waals surface area (Å²) in [5.74, 6) is -0.927. The van der Waals surface area contributed by atoms with Gasteiger partial charge >= 0.3 is 11.9 Å². The first-order valence-electron chi connectivity index (χ1n) is 10.3. The summed E-state index contributed by atoms with van der Waals surface area (Å²) in [6.07, 6.45) is 6.71. The van der Waals surface area contributed by atoms with Crippen molar-refractivity contribution in [2.45, 2.75) is 31.3 Å². The maximum atomic E-state index is 12.1. The van der Waals surface area contributed by atoms with Crippen molar-refractivity contribution in [3.63, 3.8) is 0 Å². The highest BCUT2D eigenvalue weighted by molar-refractivity contribution is 6.45. The fraction of sp³-hybridized carbons (Fsp3) is 0.364. The van der Waals surface area contributed by atoms with Gasteiger partial charge in [0.1, 0.15) is 18.5 Å². The minimum absolute atomic E-state index is 0.151. The van der Waals surface area contributed by atoms with Crippen LogP contribution in [0, 0.1) is 0 Å². The summed E-state index contributed by atoms with van der Waals surface area (Å²) in [4.78, 5) is 34.0. The smallest absolute Gasteiger partial charge is 0.331 e. The van der Waals surface area contributed by atoms with E-state index in [4.69, 9.17) is 32.9 Å². The van der Waals surface area contributed by atoms with Crippen molar-refractivity contribution >= 4 is 51.9 Å². The molecule has 0 unspecified atom stereocenters. The molecule has 0 aliphatic carbocycles. The van der Waals surface area contributed by atoms with Crippen LogP contribution in [0.4, 0.5) is 5.82 Å². The van der Waals surface area contributed by atoms with E-state index in [0.29, 0.717) is 40.6 Å². The molecule has 0 bridgehead atoms. The molecule has 1 saturated heterocycles. The Hall–Kier alpha value is -2.88. The van der Waals surface area contributed by atoms with E-state index in [-0.39, 0.29) is 19.3 Å². The molecule has 0 amide bonds. The summed E-state index contributed by atoms with van der Waals surface area (Å²) < 4.78 is 11.8. The second-order valence-electron chi connectivity index (χ2n) is 7.64. The predicted octanol–water partition coefficient (Wildman–Crippen LogP) is 3.73. The number of anilines is 1. The number of carbonyl (C=O) groups excluding carboxylic acids is 1. The van der Waals surface area contributed by atoms with Gasteiger partial charge in [0, 0.05) is 36.5 Å². The molecule has 0 radical (unpaired) electrons. The number of hydrogen-bond donors (Lipinski definition) is 1. The normalized spacial score (nSPS) is 18.1. The third-order valence-corrected chi connectivity index (χ3v) is 6.51. The first-order chi connectivity index (χ1) is 15.9. The molecule has 174 valence electrons. The van der Waals surface area contributed by atoms with Crippen LogP contribution in [0.5, 0.6) is 0 Å². The van der Waals surface area contributed by atoms with E-state index >= 15 is 0 Å². The number of halogens is 2. The van der Waals surface area contributed by atoms with Crippen molar-refractivity contribution in [3.05, 3.63) is 47.0 Å². The minimum Gasteiger partial charge on any atom is -0.480 e. The lowest BCUT2D eigenvalue weighted by molar-refractivity contribution is -0.146. The van der Waals surface area contributed by atoms with E-state index in [1.54, 1.807) is 29.7 Å². The largest absolute Gasteiger partial charge is 0.480 e. The first kappa shape index (κ1) is 23.3. The van der Waals surface area contributed by atoms with Gasteiger partial charge in [-0.1, -0.05) is 23.2 Å². The van der Waals surface area contributed by atoms with Crippen LogP contribution < -0.4 is 4.90 Å². The molecule has 1 aliphatic rings. The lowest BCUT2D eigenvalue weighted by Crippen LogP contribution is -2.42. The number of aromatic nitrogens is 3. The van der Waals surface area contributed by atoms with Gasteiger partial charge in [-0.15, -0.1) is 0 Å². The standard InChI is InChI=1S/C22H22Cl2N4O5/c1-32-19(29)11-33-9-6-13-2-5-16(22(30)31)28(13)18-10-17(27-8-7-25-12-27)14-3-4-15(23)20(24)21(14)26-18/h3-4,7-8,10,12-13,16H,2,5-6,9,11H2,1H3,(H,30,31)/t13-,16-/m0/s1. The number of carboxylic acids is 1. The number of methoxy groups -OCH3 is 1. The molecule has 2 aromatic heterocycles. The van der Waals surface area contributed by atoms with E-state index in [9.17, 15) is 14.7 Å². The summed E-state index contributed by atoms with van der Waals surface area (Å²) in [5.41, 5.74) is 1.23. The van der Waals surface area contributed by atoms with Crippen LogP contribution in [0.15, 0.2) is 36.9 Å². The van der Waals surface area contributed by atoms with Gasteiger partial charge in [0.25, 0.3) is 0 Å². The lowest BCUT2D eigenvalue weighted by Gasteiger charge is -2.30. The van der Waals surface area contributed by atoms with Gasteiger partial charge in [-0.3, -0.25) is 0 Å². The van der Waals surface area contributed by atoms with Crippen LogP contribution in [0.1, 0.15) is 19.3 Å². The van der Waals surface area contributed by atoms with Gasteiger partial charge in [0.15, 0.2) is 0 Å². The Bertz CT molecular complexity index is 1170. The number of esters is 1. The zero-order chi connectivity index (χ0) is 23.5. The Kier molecular flexibility index (Phi) is 7.02. The maximum absolute atomic E-state index is 12.1. The molecule has 3 heterocycles. The van der Waals surface area contributed by atoms with Crippen LogP contribution in [0.3, 0.4) is 0 Å². The van der Waals surface area contributed by atoms with Crippen LogP contribution in [0.2, 0.25) is 10.0 Å². The Labute approximate surface area is 199 Å². The summed E-state index contributed by atoms with van der Waals surface area (Å²) in [6.45, 7) is 0.121. The SMILES string of the molecule is COC(=O)COCC[C@@H]1CC[C@@H](C(=O)O)N1c1cc(-n2ccnc2)c2ccc(Cl)c(Cl)c2n1. The molecule has 1 fully saturated rings. The summed E-state index contributed by atoms with van der Waals surface area (Å²) in [5, 5.41) is 11.3. The number of imidazole rings is 1. The molecule has 2 atom stereocenters. The Morgan fingerprint density at radius 1 is 1.27 bits per heavy atom. The van der Waals surface area contributed by atoms with Gasteiger partial charge < -0.3 is 24.0 Å². The predicted molar refractivity (Wildman–Crippen MR) is 123 cm³/mol.